The van der Waals surface area contributed by atoms with Crippen molar-refractivity contribution in [3.63, 3.8) is 0 Å². The molecule has 2 heterocycles. The van der Waals surface area contributed by atoms with Crippen LogP contribution in [-0.4, -0.2) is 59.4 Å². The van der Waals surface area contributed by atoms with E-state index in [1.54, 1.807) is 0 Å². The summed E-state index contributed by atoms with van der Waals surface area (Å²) in [4.78, 5) is 16.6. The zero-order valence-corrected chi connectivity index (χ0v) is 14.4. The maximum atomic E-state index is 12.3. The van der Waals surface area contributed by atoms with Gasteiger partial charge in [0.05, 0.1) is 6.17 Å². The van der Waals surface area contributed by atoms with E-state index in [1.165, 1.54) is 5.70 Å². The Balaban J connectivity index is 2.01. The lowest BCUT2D eigenvalue weighted by Crippen LogP contribution is -2.59. The second-order valence-electron chi connectivity index (χ2n) is 7.40. The number of hydrogen-bond acceptors (Lipinski definition) is 5. The number of ether oxygens (including phenoxy) is 1. The molecule has 0 aromatic carbocycles. The van der Waals surface area contributed by atoms with Gasteiger partial charge in [0.15, 0.2) is 0 Å². The van der Waals surface area contributed by atoms with Crippen molar-refractivity contribution < 1.29 is 9.53 Å². The van der Waals surface area contributed by atoms with E-state index in [4.69, 9.17) is 10.5 Å². The molecule has 1 saturated heterocycles. The van der Waals surface area contributed by atoms with Crippen molar-refractivity contribution >= 4 is 6.09 Å². The first-order valence-corrected chi connectivity index (χ1v) is 8.11. The summed E-state index contributed by atoms with van der Waals surface area (Å²) in [6.07, 6.45) is 2.90. The molecule has 3 N–H and O–H groups in total. The lowest BCUT2D eigenvalue weighted by Gasteiger charge is -2.46. The van der Waals surface area contributed by atoms with Gasteiger partial charge in [-0.1, -0.05) is 6.08 Å². The lowest BCUT2D eigenvalue weighted by atomic mass is 10.1. The number of rotatable bonds is 1. The van der Waals surface area contributed by atoms with Gasteiger partial charge in [-0.05, 0) is 41.0 Å². The molecule has 0 radical (unpaired) electrons. The van der Waals surface area contributed by atoms with Crippen LogP contribution in [0.4, 0.5) is 4.79 Å². The van der Waals surface area contributed by atoms with Gasteiger partial charge in [0.1, 0.15) is 5.60 Å². The molecular formula is C16H30N4O2. The summed E-state index contributed by atoms with van der Waals surface area (Å²) in [5, 5.41) is 3.29. The number of carbonyl (C=O) groups excluding carboxylic acids is 1. The predicted molar refractivity (Wildman–Crippen MR) is 87.2 cm³/mol. The highest BCUT2D eigenvalue weighted by Gasteiger charge is 2.35. The average molecular weight is 310 g/mol. The van der Waals surface area contributed by atoms with Gasteiger partial charge >= 0.3 is 6.09 Å². The molecule has 0 spiro atoms. The topological polar surface area (TPSA) is 70.8 Å². The van der Waals surface area contributed by atoms with Crippen molar-refractivity contribution in [2.75, 3.05) is 19.6 Å². The highest BCUT2D eigenvalue weighted by atomic mass is 16.6. The highest BCUT2D eigenvalue weighted by Crippen LogP contribution is 2.23. The monoisotopic (exact) mass is 310 g/mol. The van der Waals surface area contributed by atoms with Crippen molar-refractivity contribution in [2.24, 2.45) is 5.73 Å². The second kappa shape index (κ2) is 6.46. The van der Waals surface area contributed by atoms with Crippen molar-refractivity contribution in [3.8, 4) is 0 Å². The first-order chi connectivity index (χ1) is 10.2. The molecular weight excluding hydrogens is 280 g/mol. The van der Waals surface area contributed by atoms with Gasteiger partial charge in [-0.25, -0.2) is 4.79 Å². The molecule has 0 aliphatic carbocycles. The molecule has 0 aromatic rings. The molecule has 6 nitrogen and oxygen atoms in total. The molecule has 1 unspecified atom stereocenters. The van der Waals surface area contributed by atoms with Crippen LogP contribution >= 0.6 is 0 Å². The van der Waals surface area contributed by atoms with E-state index in [0.29, 0.717) is 6.54 Å². The van der Waals surface area contributed by atoms with Gasteiger partial charge in [-0.2, -0.15) is 0 Å². The van der Waals surface area contributed by atoms with Crippen LogP contribution in [0.3, 0.4) is 0 Å². The largest absolute Gasteiger partial charge is 0.444 e. The minimum absolute atomic E-state index is 0.0551. The van der Waals surface area contributed by atoms with Gasteiger partial charge in [0, 0.05) is 37.4 Å². The number of hydrogen-bond donors (Lipinski definition) is 2. The normalized spacial score (nSPS) is 30.1. The summed E-state index contributed by atoms with van der Waals surface area (Å²) in [6, 6.07) is 0.397. The third-order valence-corrected chi connectivity index (χ3v) is 4.14. The first-order valence-electron chi connectivity index (χ1n) is 8.11. The molecule has 2 aliphatic rings. The van der Waals surface area contributed by atoms with Crippen LogP contribution < -0.4 is 11.1 Å². The van der Waals surface area contributed by atoms with Crippen LogP contribution in [0.2, 0.25) is 0 Å². The fourth-order valence-electron chi connectivity index (χ4n) is 2.97. The van der Waals surface area contributed by atoms with E-state index in [2.05, 4.69) is 30.1 Å². The Hall–Kier alpha value is -1.27. The summed E-state index contributed by atoms with van der Waals surface area (Å²) < 4.78 is 5.52. The Morgan fingerprint density at radius 3 is 2.55 bits per heavy atom. The maximum absolute atomic E-state index is 12.3. The summed E-state index contributed by atoms with van der Waals surface area (Å²) in [6.45, 7) is 12.2. The first kappa shape index (κ1) is 17.1. The zero-order valence-electron chi connectivity index (χ0n) is 14.4. The predicted octanol–water partition coefficient (Wildman–Crippen LogP) is 1.48. The van der Waals surface area contributed by atoms with Crippen molar-refractivity contribution in [3.05, 3.63) is 11.8 Å². The quantitative estimate of drug-likeness (QED) is 0.767. The average Bonchev–Trinajstić information content (AvgIpc) is 2.40. The highest BCUT2D eigenvalue weighted by molar-refractivity contribution is 5.68. The van der Waals surface area contributed by atoms with Gasteiger partial charge in [-0.15, -0.1) is 0 Å². The van der Waals surface area contributed by atoms with E-state index in [9.17, 15) is 4.79 Å². The van der Waals surface area contributed by atoms with Crippen molar-refractivity contribution in [1.82, 2.24) is 15.1 Å². The number of piperazine rings is 1. The molecule has 2 rings (SSSR count). The number of amides is 1. The molecule has 1 amide bonds. The van der Waals surface area contributed by atoms with E-state index in [-0.39, 0.29) is 24.3 Å². The van der Waals surface area contributed by atoms with Crippen molar-refractivity contribution in [2.45, 2.75) is 64.9 Å². The molecule has 126 valence electrons. The van der Waals surface area contributed by atoms with Crippen LogP contribution in [-0.2, 0) is 4.74 Å². The van der Waals surface area contributed by atoms with Crippen molar-refractivity contribution in [1.29, 1.82) is 0 Å². The molecule has 0 aromatic heterocycles. The molecule has 2 aliphatic heterocycles. The second-order valence-corrected chi connectivity index (χ2v) is 7.40. The fourth-order valence-corrected chi connectivity index (χ4v) is 2.97. The smallest absolute Gasteiger partial charge is 0.410 e. The van der Waals surface area contributed by atoms with E-state index >= 15 is 0 Å². The van der Waals surface area contributed by atoms with Crippen LogP contribution in [0.5, 0.6) is 0 Å². The minimum atomic E-state index is -0.455. The Kier molecular flexibility index (Phi) is 5.02. The summed E-state index contributed by atoms with van der Waals surface area (Å²) in [5.41, 5.74) is 6.69. The maximum Gasteiger partial charge on any atom is 0.410 e. The third kappa shape index (κ3) is 4.14. The Bertz CT molecular complexity index is 444. The fraction of sp³-hybridized carbons (Fsp3) is 0.812. The summed E-state index contributed by atoms with van der Waals surface area (Å²) in [5.74, 6) is 0. The molecule has 3 atom stereocenters. The molecule has 0 bridgehead atoms. The van der Waals surface area contributed by atoms with Gasteiger partial charge in [0.2, 0.25) is 0 Å². The van der Waals surface area contributed by atoms with Crippen LogP contribution in [0, 0.1) is 0 Å². The Labute approximate surface area is 133 Å². The van der Waals surface area contributed by atoms with Crippen LogP contribution in [0.1, 0.15) is 41.0 Å². The number of nitrogens with one attached hydrogen (secondary N) is 1. The van der Waals surface area contributed by atoms with Crippen LogP contribution in [0.15, 0.2) is 11.8 Å². The summed E-state index contributed by atoms with van der Waals surface area (Å²) in [7, 11) is 0. The zero-order chi connectivity index (χ0) is 16.5. The third-order valence-electron chi connectivity index (χ3n) is 4.14. The SMILES string of the molecule is C[C@@H]1CN(C2=CCC(N)NC2)[C@@H](C)CN1C(=O)OC(C)(C)C. The molecule has 0 saturated carbocycles. The molecule has 6 heteroatoms. The van der Waals surface area contributed by atoms with E-state index < -0.39 is 5.60 Å². The van der Waals surface area contributed by atoms with Crippen LogP contribution in [0.25, 0.3) is 0 Å². The van der Waals surface area contributed by atoms with Gasteiger partial charge in [0.25, 0.3) is 0 Å². The standard InChI is InChI=1S/C16H30N4O2/c1-11-10-20(15(21)22-16(3,4)5)12(2)9-19(11)13-6-7-14(17)18-8-13/h6,11-12,14,18H,7-10,17H2,1-5H3/t11-,12+,14?/m0/s1. The lowest BCUT2D eigenvalue weighted by molar-refractivity contribution is -0.00470. The summed E-state index contributed by atoms with van der Waals surface area (Å²) >= 11 is 0. The van der Waals surface area contributed by atoms with E-state index in [0.717, 1.165) is 19.5 Å². The Morgan fingerprint density at radius 1 is 1.32 bits per heavy atom. The molecule has 1 fully saturated rings. The van der Waals surface area contributed by atoms with E-state index in [1.807, 2.05) is 25.7 Å². The number of nitrogens with zero attached hydrogens (tertiary/aromatic N) is 2. The Morgan fingerprint density at radius 2 is 2.00 bits per heavy atom. The number of carbonyl (C=O) groups is 1. The number of nitrogens with two attached hydrogens (primary N) is 1. The minimum Gasteiger partial charge on any atom is -0.444 e. The van der Waals surface area contributed by atoms with Gasteiger partial charge < -0.3 is 20.3 Å². The van der Waals surface area contributed by atoms with Gasteiger partial charge in [-0.3, -0.25) is 5.32 Å². The molecule has 22 heavy (non-hydrogen) atoms.